The second kappa shape index (κ2) is 7.31. The maximum Gasteiger partial charge on any atom is 0.147 e. The van der Waals surface area contributed by atoms with Gasteiger partial charge in [0.2, 0.25) is 0 Å². The van der Waals surface area contributed by atoms with E-state index in [4.69, 9.17) is 4.74 Å². The SMILES string of the molecule is C[C@@H]1OCC2(CCN(c3cnc(Br)cn3)CC2)[C@@H]1N[S+]([O-])C(C)(C)C. The fraction of sp³-hybridized carbons (Fsp3) is 0.765. The fourth-order valence-electron chi connectivity index (χ4n) is 3.60. The highest BCUT2D eigenvalue weighted by Crippen LogP contribution is 2.43. The Kier molecular flexibility index (Phi) is 5.66. The Morgan fingerprint density at radius 2 is 2.00 bits per heavy atom. The quantitative estimate of drug-likeness (QED) is 0.742. The third-order valence-electron chi connectivity index (χ3n) is 5.24. The molecule has 8 heteroatoms. The Bertz CT molecular complexity index is 587. The average Bonchev–Trinajstić information content (AvgIpc) is 2.85. The number of aromatic nitrogens is 2. The molecule has 0 aliphatic carbocycles. The maximum absolute atomic E-state index is 12.6. The Labute approximate surface area is 161 Å². The van der Waals surface area contributed by atoms with Gasteiger partial charge in [0.05, 0.1) is 31.1 Å². The van der Waals surface area contributed by atoms with Crippen LogP contribution >= 0.6 is 15.9 Å². The summed E-state index contributed by atoms with van der Waals surface area (Å²) in [6.07, 6.45) is 5.60. The van der Waals surface area contributed by atoms with E-state index < -0.39 is 11.4 Å². The van der Waals surface area contributed by atoms with Crippen LogP contribution in [0, 0.1) is 5.41 Å². The van der Waals surface area contributed by atoms with E-state index >= 15 is 0 Å². The van der Waals surface area contributed by atoms with Crippen LogP contribution in [0.2, 0.25) is 0 Å². The van der Waals surface area contributed by atoms with E-state index in [1.165, 1.54) is 0 Å². The van der Waals surface area contributed by atoms with Gasteiger partial charge >= 0.3 is 0 Å². The monoisotopic (exact) mass is 430 g/mol. The van der Waals surface area contributed by atoms with E-state index in [1.54, 1.807) is 12.4 Å². The summed E-state index contributed by atoms with van der Waals surface area (Å²) in [6, 6.07) is 0.116. The number of ether oxygens (including phenoxy) is 1. The van der Waals surface area contributed by atoms with Crippen LogP contribution in [-0.4, -0.2) is 51.1 Å². The molecule has 1 unspecified atom stereocenters. The number of hydrogen-bond donors (Lipinski definition) is 1. The Hall–Kier alpha value is -0.410. The van der Waals surface area contributed by atoms with Crippen molar-refractivity contribution < 1.29 is 9.29 Å². The van der Waals surface area contributed by atoms with Gasteiger partial charge in [0.15, 0.2) is 0 Å². The van der Waals surface area contributed by atoms with Crippen molar-refractivity contribution in [3.8, 4) is 0 Å². The molecular weight excluding hydrogens is 404 g/mol. The first-order chi connectivity index (χ1) is 11.7. The molecule has 0 amide bonds. The number of hydrogen-bond acceptors (Lipinski definition) is 6. The molecule has 1 N–H and O–H groups in total. The summed E-state index contributed by atoms with van der Waals surface area (Å²) >= 11 is 2.23. The first kappa shape index (κ1) is 19.4. The summed E-state index contributed by atoms with van der Waals surface area (Å²) in [6.45, 7) is 10.6. The number of halogens is 1. The van der Waals surface area contributed by atoms with Crippen molar-refractivity contribution >= 4 is 33.1 Å². The van der Waals surface area contributed by atoms with Gasteiger partial charge in [0, 0.05) is 29.9 Å². The molecule has 140 valence electrons. The fourth-order valence-corrected chi connectivity index (χ4v) is 4.83. The normalized spacial score (nSPS) is 27.7. The maximum atomic E-state index is 12.6. The van der Waals surface area contributed by atoms with E-state index in [1.807, 2.05) is 20.8 Å². The van der Waals surface area contributed by atoms with E-state index in [0.29, 0.717) is 0 Å². The van der Waals surface area contributed by atoms with Crippen LogP contribution in [-0.2, 0) is 16.1 Å². The highest BCUT2D eigenvalue weighted by atomic mass is 79.9. The molecule has 0 bridgehead atoms. The molecule has 3 atom stereocenters. The molecule has 1 aromatic rings. The molecule has 2 aliphatic heterocycles. The number of anilines is 1. The number of piperidine rings is 1. The molecule has 2 fully saturated rings. The third-order valence-corrected chi connectivity index (χ3v) is 7.23. The van der Waals surface area contributed by atoms with E-state index in [0.717, 1.165) is 43.0 Å². The molecule has 2 saturated heterocycles. The van der Waals surface area contributed by atoms with Crippen LogP contribution in [0.1, 0.15) is 40.5 Å². The second-order valence-electron chi connectivity index (χ2n) is 8.04. The summed E-state index contributed by atoms with van der Waals surface area (Å²) in [5.74, 6) is 0.910. The smallest absolute Gasteiger partial charge is 0.147 e. The Morgan fingerprint density at radius 1 is 1.32 bits per heavy atom. The molecule has 2 aliphatic rings. The van der Waals surface area contributed by atoms with Crippen molar-refractivity contribution in [2.24, 2.45) is 5.41 Å². The third kappa shape index (κ3) is 4.13. The predicted molar refractivity (Wildman–Crippen MR) is 104 cm³/mol. The zero-order valence-corrected chi connectivity index (χ0v) is 17.7. The zero-order chi connectivity index (χ0) is 18.2. The topological polar surface area (TPSA) is 73.3 Å². The lowest BCUT2D eigenvalue weighted by atomic mass is 9.73. The molecule has 0 aromatic carbocycles. The first-order valence-electron chi connectivity index (χ1n) is 8.73. The summed E-state index contributed by atoms with van der Waals surface area (Å²) in [5.41, 5.74) is 0.0413. The van der Waals surface area contributed by atoms with E-state index in [-0.39, 0.29) is 22.3 Å². The van der Waals surface area contributed by atoms with Crippen LogP contribution in [0.3, 0.4) is 0 Å². The van der Waals surface area contributed by atoms with Gasteiger partial charge in [-0.2, -0.15) is 0 Å². The summed E-state index contributed by atoms with van der Waals surface area (Å²) in [7, 11) is 0. The summed E-state index contributed by atoms with van der Waals surface area (Å²) in [5, 5.41) is 0. The Morgan fingerprint density at radius 3 is 2.56 bits per heavy atom. The van der Waals surface area contributed by atoms with Crippen LogP contribution in [0.4, 0.5) is 5.82 Å². The molecule has 0 radical (unpaired) electrons. The number of nitrogens with one attached hydrogen (secondary N) is 1. The highest BCUT2D eigenvalue weighted by Gasteiger charge is 2.52. The predicted octanol–water partition coefficient (Wildman–Crippen LogP) is 2.66. The molecule has 3 rings (SSSR count). The molecule has 1 spiro atoms. The van der Waals surface area contributed by atoms with Gasteiger partial charge in [0.1, 0.15) is 15.2 Å². The van der Waals surface area contributed by atoms with Crippen molar-refractivity contribution in [3.63, 3.8) is 0 Å². The van der Waals surface area contributed by atoms with Crippen LogP contribution in [0.5, 0.6) is 0 Å². The second-order valence-corrected chi connectivity index (χ2v) is 10.8. The summed E-state index contributed by atoms with van der Waals surface area (Å²) < 4.78 is 22.5. The number of nitrogens with zero attached hydrogens (tertiary/aromatic N) is 3. The zero-order valence-electron chi connectivity index (χ0n) is 15.3. The van der Waals surface area contributed by atoms with Crippen LogP contribution in [0.25, 0.3) is 0 Å². The van der Waals surface area contributed by atoms with Crippen molar-refractivity contribution in [2.45, 2.75) is 57.4 Å². The van der Waals surface area contributed by atoms with Crippen molar-refractivity contribution in [2.75, 3.05) is 24.6 Å². The molecular formula is C17H27BrN4O2S. The lowest BCUT2D eigenvalue weighted by Crippen LogP contribution is -2.56. The largest absolute Gasteiger partial charge is 0.598 e. The standard InChI is InChI=1S/C17H27BrN4O2S/c1-12-15(21-25(23)16(2,3)4)17(11-24-12)5-7-22(8-6-17)14-10-19-13(18)9-20-14/h9-10,12,15,21H,5-8,11H2,1-4H3/t12-,15+,25?/m0/s1. The molecule has 6 nitrogen and oxygen atoms in total. The minimum Gasteiger partial charge on any atom is -0.598 e. The van der Waals surface area contributed by atoms with Gasteiger partial charge in [-0.3, -0.25) is 0 Å². The number of rotatable bonds is 3. The summed E-state index contributed by atoms with van der Waals surface area (Å²) in [4.78, 5) is 11.0. The van der Waals surface area contributed by atoms with E-state index in [9.17, 15) is 4.55 Å². The van der Waals surface area contributed by atoms with Crippen molar-refractivity contribution in [3.05, 3.63) is 17.0 Å². The minimum absolute atomic E-state index is 0.0413. The lowest BCUT2D eigenvalue weighted by Gasteiger charge is -2.43. The first-order valence-corrected chi connectivity index (χ1v) is 10.7. The van der Waals surface area contributed by atoms with Crippen molar-refractivity contribution in [1.82, 2.24) is 14.7 Å². The molecule has 25 heavy (non-hydrogen) atoms. The molecule has 3 heterocycles. The van der Waals surface area contributed by atoms with Crippen molar-refractivity contribution in [1.29, 1.82) is 0 Å². The van der Waals surface area contributed by atoms with Gasteiger partial charge < -0.3 is 14.2 Å². The van der Waals surface area contributed by atoms with Gasteiger partial charge in [-0.15, -0.1) is 4.72 Å². The minimum atomic E-state index is -1.09. The highest BCUT2D eigenvalue weighted by molar-refractivity contribution is 9.10. The van der Waals surface area contributed by atoms with Gasteiger partial charge in [-0.1, -0.05) is 0 Å². The van der Waals surface area contributed by atoms with Crippen LogP contribution < -0.4 is 9.62 Å². The molecule has 1 aromatic heterocycles. The van der Waals surface area contributed by atoms with E-state index in [2.05, 4.69) is 42.4 Å². The molecule has 0 saturated carbocycles. The van der Waals surface area contributed by atoms with Gasteiger partial charge in [0.25, 0.3) is 0 Å². The Balaban J connectivity index is 1.68. The van der Waals surface area contributed by atoms with Gasteiger partial charge in [-0.25, -0.2) is 9.97 Å². The van der Waals surface area contributed by atoms with Gasteiger partial charge in [-0.05, 0) is 56.5 Å². The van der Waals surface area contributed by atoms with Crippen LogP contribution in [0.15, 0.2) is 17.0 Å². The average molecular weight is 431 g/mol. The lowest BCUT2D eigenvalue weighted by molar-refractivity contribution is 0.0973.